The zero-order valence-corrected chi connectivity index (χ0v) is 18.9. The molecule has 8 nitrogen and oxygen atoms in total. The molecule has 2 aromatic rings. The van der Waals surface area contributed by atoms with Crippen molar-refractivity contribution in [2.24, 2.45) is 27.0 Å². The van der Waals surface area contributed by atoms with Gasteiger partial charge in [0.1, 0.15) is 0 Å². The predicted octanol–water partition coefficient (Wildman–Crippen LogP) is 4.64. The fourth-order valence-corrected chi connectivity index (χ4v) is 7.07. The molecule has 2 aromatic carbocycles. The van der Waals surface area contributed by atoms with Gasteiger partial charge in [0, 0.05) is 28.9 Å². The summed E-state index contributed by atoms with van der Waals surface area (Å²) in [6.45, 7) is 4.26. The van der Waals surface area contributed by atoms with E-state index in [4.69, 9.17) is 0 Å². The first-order chi connectivity index (χ1) is 15.1. The molecule has 2 saturated carbocycles. The second-order valence-corrected chi connectivity index (χ2v) is 10.8. The van der Waals surface area contributed by atoms with Gasteiger partial charge in [-0.3, -0.25) is 14.8 Å². The Balaban J connectivity index is 1.58. The molecule has 2 bridgehead atoms. The second-order valence-electron chi connectivity index (χ2n) is 9.11. The van der Waals surface area contributed by atoms with Gasteiger partial charge in [-0.05, 0) is 60.4 Å². The third kappa shape index (κ3) is 4.04. The molecule has 0 aromatic heterocycles. The standard InChI is InChI=1S/C23H26N4O4S/c1-22(2)18-12-13-23(22,16-32(30,31)26-19-6-4-3-5-7-19)21(14-18)25-24-15-17-8-10-20(11-9-17)27(28)29/h3-11,15,18,26H,12-14,16H2,1-2H3/b24-15+,25-21+. The number of sulfonamides is 1. The van der Waals surface area contributed by atoms with Crippen LogP contribution in [0, 0.1) is 26.9 Å². The van der Waals surface area contributed by atoms with E-state index >= 15 is 0 Å². The third-order valence-electron chi connectivity index (χ3n) is 7.14. The summed E-state index contributed by atoms with van der Waals surface area (Å²) in [5.41, 5.74) is 1.28. The number of fused-ring (bicyclic) bond motifs is 2. The van der Waals surface area contributed by atoms with Crippen molar-refractivity contribution >= 4 is 33.3 Å². The van der Waals surface area contributed by atoms with Gasteiger partial charge in [0.05, 0.1) is 16.9 Å². The highest BCUT2D eigenvalue weighted by Crippen LogP contribution is 2.64. The Morgan fingerprint density at radius 2 is 1.84 bits per heavy atom. The normalized spacial score (nSPS) is 25.4. The summed E-state index contributed by atoms with van der Waals surface area (Å²) in [4.78, 5) is 10.3. The average Bonchev–Trinajstić information content (AvgIpc) is 3.09. The number of rotatable bonds is 7. The molecule has 0 heterocycles. The molecule has 9 heteroatoms. The van der Waals surface area contributed by atoms with Crippen molar-refractivity contribution in [2.45, 2.75) is 33.1 Å². The molecular weight excluding hydrogens is 428 g/mol. The van der Waals surface area contributed by atoms with E-state index < -0.39 is 20.4 Å². The minimum absolute atomic E-state index is 0.0124. The zero-order valence-electron chi connectivity index (χ0n) is 18.1. The van der Waals surface area contributed by atoms with Gasteiger partial charge in [-0.1, -0.05) is 32.0 Å². The Bertz CT molecular complexity index is 1170. The maximum Gasteiger partial charge on any atom is 0.269 e. The number of benzene rings is 2. The zero-order chi connectivity index (χ0) is 23.0. The first kappa shape index (κ1) is 22.1. The first-order valence-corrected chi connectivity index (χ1v) is 12.2. The molecule has 2 aliphatic rings. The van der Waals surface area contributed by atoms with Crippen molar-refractivity contribution in [3.63, 3.8) is 0 Å². The van der Waals surface area contributed by atoms with E-state index in [0.717, 1.165) is 25.0 Å². The van der Waals surface area contributed by atoms with Crippen LogP contribution in [0.1, 0.15) is 38.7 Å². The molecule has 0 aliphatic heterocycles. The topological polar surface area (TPSA) is 114 Å². The van der Waals surface area contributed by atoms with Crippen LogP contribution >= 0.6 is 0 Å². The van der Waals surface area contributed by atoms with Crippen LogP contribution in [-0.4, -0.2) is 31.0 Å². The molecule has 2 fully saturated rings. The van der Waals surface area contributed by atoms with Gasteiger partial charge in [0.2, 0.25) is 10.0 Å². The molecule has 0 radical (unpaired) electrons. The molecule has 2 aliphatic carbocycles. The van der Waals surface area contributed by atoms with E-state index in [0.29, 0.717) is 17.2 Å². The largest absolute Gasteiger partial charge is 0.284 e. The lowest BCUT2D eigenvalue weighted by molar-refractivity contribution is -0.384. The van der Waals surface area contributed by atoms with Gasteiger partial charge in [-0.15, -0.1) is 0 Å². The van der Waals surface area contributed by atoms with Gasteiger partial charge < -0.3 is 0 Å². The van der Waals surface area contributed by atoms with Crippen LogP contribution < -0.4 is 4.72 Å². The molecule has 2 unspecified atom stereocenters. The van der Waals surface area contributed by atoms with E-state index in [9.17, 15) is 18.5 Å². The quantitative estimate of drug-likeness (QED) is 0.373. The fraction of sp³-hybridized carbons (Fsp3) is 0.391. The molecule has 0 amide bonds. The van der Waals surface area contributed by atoms with E-state index in [1.807, 2.05) is 6.07 Å². The molecule has 4 rings (SSSR count). The second kappa shape index (κ2) is 8.12. The SMILES string of the molecule is CC1(C)C2CCC1(CS(=O)(=O)Nc1ccccc1)/C(=N/N=C/c1ccc([N+](=O)[O-])cc1)C2. The molecule has 2 atom stereocenters. The van der Waals surface area contributed by atoms with Crippen molar-refractivity contribution < 1.29 is 13.3 Å². The third-order valence-corrected chi connectivity index (χ3v) is 8.56. The van der Waals surface area contributed by atoms with Crippen molar-refractivity contribution in [3.05, 3.63) is 70.3 Å². The predicted molar refractivity (Wildman–Crippen MR) is 126 cm³/mol. The summed E-state index contributed by atoms with van der Waals surface area (Å²) >= 11 is 0. The monoisotopic (exact) mass is 454 g/mol. The summed E-state index contributed by atoms with van der Waals surface area (Å²) in [6.07, 6.45) is 4.00. The summed E-state index contributed by atoms with van der Waals surface area (Å²) in [5, 5.41) is 19.5. The lowest BCUT2D eigenvalue weighted by Crippen LogP contribution is -2.43. The highest BCUT2D eigenvalue weighted by molar-refractivity contribution is 7.92. The minimum Gasteiger partial charge on any atom is -0.284 e. The molecular formula is C23H26N4O4S. The van der Waals surface area contributed by atoms with E-state index in [1.54, 1.807) is 42.6 Å². The Hall–Kier alpha value is -3.07. The van der Waals surface area contributed by atoms with Gasteiger partial charge in [-0.25, -0.2) is 8.42 Å². The first-order valence-electron chi connectivity index (χ1n) is 10.5. The summed E-state index contributed by atoms with van der Waals surface area (Å²) < 4.78 is 28.9. The van der Waals surface area contributed by atoms with Crippen LogP contribution in [0.25, 0.3) is 0 Å². The van der Waals surface area contributed by atoms with Gasteiger partial charge >= 0.3 is 0 Å². The van der Waals surface area contributed by atoms with Crippen molar-refractivity contribution in [3.8, 4) is 0 Å². The van der Waals surface area contributed by atoms with E-state index in [-0.39, 0.29) is 16.9 Å². The molecule has 0 spiro atoms. The van der Waals surface area contributed by atoms with Crippen LogP contribution in [0.4, 0.5) is 11.4 Å². The Morgan fingerprint density at radius 3 is 2.47 bits per heavy atom. The number of para-hydroxylation sites is 1. The van der Waals surface area contributed by atoms with Gasteiger partial charge in [0.25, 0.3) is 5.69 Å². The van der Waals surface area contributed by atoms with Crippen LogP contribution in [0.15, 0.2) is 64.8 Å². The van der Waals surface area contributed by atoms with Crippen LogP contribution in [0.2, 0.25) is 0 Å². The van der Waals surface area contributed by atoms with Crippen LogP contribution in [0.3, 0.4) is 0 Å². The maximum absolute atomic E-state index is 13.1. The lowest BCUT2D eigenvalue weighted by Gasteiger charge is -2.37. The number of anilines is 1. The summed E-state index contributed by atoms with van der Waals surface area (Å²) in [6, 6.07) is 14.9. The molecule has 32 heavy (non-hydrogen) atoms. The number of nitrogens with one attached hydrogen (secondary N) is 1. The summed E-state index contributed by atoms with van der Waals surface area (Å²) in [7, 11) is -3.60. The van der Waals surface area contributed by atoms with E-state index in [2.05, 4.69) is 28.8 Å². The number of nitrogens with zero attached hydrogens (tertiary/aromatic N) is 3. The number of nitro benzene ring substituents is 1. The Morgan fingerprint density at radius 1 is 1.16 bits per heavy atom. The summed E-state index contributed by atoms with van der Waals surface area (Å²) in [5.74, 6) is 0.326. The maximum atomic E-state index is 13.1. The lowest BCUT2D eigenvalue weighted by atomic mass is 9.70. The van der Waals surface area contributed by atoms with Crippen LogP contribution in [0.5, 0.6) is 0 Å². The highest BCUT2D eigenvalue weighted by atomic mass is 32.2. The smallest absolute Gasteiger partial charge is 0.269 e. The highest BCUT2D eigenvalue weighted by Gasteiger charge is 2.64. The minimum atomic E-state index is -3.60. The molecule has 0 saturated heterocycles. The number of hydrogen-bond donors (Lipinski definition) is 1. The van der Waals surface area contributed by atoms with Crippen molar-refractivity contribution in [2.75, 3.05) is 10.5 Å². The van der Waals surface area contributed by atoms with Crippen molar-refractivity contribution in [1.82, 2.24) is 0 Å². The molecule has 1 N–H and O–H groups in total. The Kier molecular flexibility index (Phi) is 5.62. The fourth-order valence-electron chi connectivity index (χ4n) is 5.17. The van der Waals surface area contributed by atoms with Gasteiger partial charge in [-0.2, -0.15) is 10.2 Å². The van der Waals surface area contributed by atoms with E-state index in [1.165, 1.54) is 12.1 Å². The number of nitro groups is 1. The molecule has 168 valence electrons. The Labute approximate surface area is 187 Å². The van der Waals surface area contributed by atoms with Gasteiger partial charge in [0.15, 0.2) is 0 Å². The number of non-ortho nitro benzene ring substituents is 1. The number of hydrogen-bond acceptors (Lipinski definition) is 6. The van der Waals surface area contributed by atoms with Crippen LogP contribution in [-0.2, 0) is 10.0 Å². The van der Waals surface area contributed by atoms with Crippen molar-refractivity contribution in [1.29, 1.82) is 0 Å². The average molecular weight is 455 g/mol.